The molecule has 2 heterocycles. The number of aryl methyl sites for hydroxylation is 1. The highest BCUT2D eigenvalue weighted by Gasteiger charge is 2.30. The number of amides is 1. The molecule has 0 unspecified atom stereocenters. The van der Waals surface area contributed by atoms with Gasteiger partial charge in [-0.3, -0.25) is 4.79 Å². The standard InChI is InChI=1S/C16H18N2OS/c1-12-15(20-11-17-12)16(19)18-9-5-8-14(18)10-13-6-3-2-4-7-13/h2-4,6-7,11,14H,5,8-10H2,1H3/t14-/m1/s1. The van der Waals surface area contributed by atoms with E-state index in [0.717, 1.165) is 36.4 Å². The fraction of sp³-hybridized carbons (Fsp3) is 0.375. The van der Waals surface area contributed by atoms with Crippen LogP contribution < -0.4 is 0 Å². The van der Waals surface area contributed by atoms with Crippen molar-refractivity contribution in [3.05, 3.63) is 52.0 Å². The van der Waals surface area contributed by atoms with Gasteiger partial charge >= 0.3 is 0 Å². The van der Waals surface area contributed by atoms with Gasteiger partial charge in [-0.15, -0.1) is 11.3 Å². The molecule has 0 aliphatic carbocycles. The van der Waals surface area contributed by atoms with Gasteiger partial charge in [0.1, 0.15) is 4.88 Å². The minimum absolute atomic E-state index is 0.156. The van der Waals surface area contributed by atoms with E-state index in [4.69, 9.17) is 0 Å². The van der Waals surface area contributed by atoms with Crippen LogP contribution in [0.1, 0.15) is 33.8 Å². The molecule has 3 nitrogen and oxygen atoms in total. The molecule has 1 aromatic heterocycles. The van der Waals surface area contributed by atoms with Crippen molar-refractivity contribution in [1.82, 2.24) is 9.88 Å². The van der Waals surface area contributed by atoms with Crippen molar-refractivity contribution in [3.8, 4) is 0 Å². The van der Waals surface area contributed by atoms with Gasteiger partial charge < -0.3 is 4.90 Å². The monoisotopic (exact) mass is 286 g/mol. The molecule has 1 aliphatic rings. The number of hydrogen-bond acceptors (Lipinski definition) is 3. The second-order valence-electron chi connectivity index (χ2n) is 5.25. The third-order valence-electron chi connectivity index (χ3n) is 3.89. The lowest BCUT2D eigenvalue weighted by Gasteiger charge is -2.24. The predicted octanol–water partition coefficient (Wildman–Crippen LogP) is 3.30. The lowest BCUT2D eigenvalue weighted by molar-refractivity contribution is 0.0740. The molecule has 1 fully saturated rings. The van der Waals surface area contributed by atoms with Gasteiger partial charge in [0.15, 0.2) is 0 Å². The predicted molar refractivity (Wildman–Crippen MR) is 81.1 cm³/mol. The van der Waals surface area contributed by atoms with Crippen LogP contribution in [0.2, 0.25) is 0 Å². The molecular weight excluding hydrogens is 268 g/mol. The van der Waals surface area contributed by atoms with Crippen LogP contribution in [0.5, 0.6) is 0 Å². The number of carbonyl (C=O) groups is 1. The maximum absolute atomic E-state index is 12.6. The summed E-state index contributed by atoms with van der Waals surface area (Å²) in [6.45, 7) is 2.78. The molecule has 0 N–H and O–H groups in total. The Morgan fingerprint density at radius 1 is 1.40 bits per heavy atom. The molecule has 1 aliphatic heterocycles. The van der Waals surface area contributed by atoms with Gasteiger partial charge in [-0.25, -0.2) is 4.98 Å². The van der Waals surface area contributed by atoms with Crippen molar-refractivity contribution in [1.29, 1.82) is 0 Å². The van der Waals surface area contributed by atoms with Crippen molar-refractivity contribution >= 4 is 17.2 Å². The van der Waals surface area contributed by atoms with E-state index in [0.29, 0.717) is 6.04 Å². The van der Waals surface area contributed by atoms with Crippen LogP contribution >= 0.6 is 11.3 Å². The molecule has 1 saturated heterocycles. The zero-order chi connectivity index (χ0) is 13.9. The summed E-state index contributed by atoms with van der Waals surface area (Å²) in [7, 11) is 0. The maximum Gasteiger partial charge on any atom is 0.266 e. The largest absolute Gasteiger partial charge is 0.335 e. The van der Waals surface area contributed by atoms with Crippen molar-refractivity contribution in [2.45, 2.75) is 32.2 Å². The average molecular weight is 286 g/mol. The average Bonchev–Trinajstić information content (AvgIpc) is 3.08. The molecule has 0 spiro atoms. The van der Waals surface area contributed by atoms with E-state index in [9.17, 15) is 4.79 Å². The van der Waals surface area contributed by atoms with Crippen LogP contribution in [0.15, 0.2) is 35.8 Å². The fourth-order valence-corrected chi connectivity index (χ4v) is 3.60. The van der Waals surface area contributed by atoms with Gasteiger partial charge in [0, 0.05) is 12.6 Å². The minimum Gasteiger partial charge on any atom is -0.335 e. The first-order valence-electron chi connectivity index (χ1n) is 7.00. The summed E-state index contributed by atoms with van der Waals surface area (Å²) in [6.07, 6.45) is 3.14. The summed E-state index contributed by atoms with van der Waals surface area (Å²) in [5, 5.41) is 0. The Hall–Kier alpha value is -1.68. The first-order chi connectivity index (χ1) is 9.75. The highest BCUT2D eigenvalue weighted by Crippen LogP contribution is 2.25. The van der Waals surface area contributed by atoms with E-state index in [-0.39, 0.29) is 5.91 Å². The number of rotatable bonds is 3. The lowest BCUT2D eigenvalue weighted by atomic mass is 10.0. The van der Waals surface area contributed by atoms with E-state index in [1.807, 2.05) is 17.9 Å². The van der Waals surface area contributed by atoms with E-state index < -0.39 is 0 Å². The Morgan fingerprint density at radius 2 is 2.20 bits per heavy atom. The number of carbonyl (C=O) groups excluding carboxylic acids is 1. The molecule has 20 heavy (non-hydrogen) atoms. The van der Waals surface area contributed by atoms with Gasteiger partial charge in [0.25, 0.3) is 5.91 Å². The van der Waals surface area contributed by atoms with Gasteiger partial charge in [-0.05, 0) is 31.7 Å². The number of aromatic nitrogens is 1. The van der Waals surface area contributed by atoms with Crippen LogP contribution in [-0.2, 0) is 6.42 Å². The molecule has 2 aromatic rings. The number of likely N-dealkylation sites (tertiary alicyclic amines) is 1. The van der Waals surface area contributed by atoms with Crippen LogP contribution in [0, 0.1) is 6.92 Å². The molecule has 1 atom stereocenters. The quantitative estimate of drug-likeness (QED) is 0.867. The minimum atomic E-state index is 0.156. The molecule has 3 rings (SSSR count). The molecule has 1 amide bonds. The van der Waals surface area contributed by atoms with Crippen molar-refractivity contribution in [3.63, 3.8) is 0 Å². The topological polar surface area (TPSA) is 33.2 Å². The van der Waals surface area contributed by atoms with Gasteiger partial charge in [0.2, 0.25) is 0 Å². The highest BCUT2D eigenvalue weighted by molar-refractivity contribution is 7.11. The van der Waals surface area contributed by atoms with Gasteiger partial charge in [-0.1, -0.05) is 30.3 Å². The summed E-state index contributed by atoms with van der Waals surface area (Å²) in [4.78, 5) is 19.6. The second kappa shape index (κ2) is 5.75. The summed E-state index contributed by atoms with van der Waals surface area (Å²) >= 11 is 1.45. The smallest absolute Gasteiger partial charge is 0.266 e. The van der Waals surface area contributed by atoms with E-state index in [1.54, 1.807) is 5.51 Å². The summed E-state index contributed by atoms with van der Waals surface area (Å²) in [5.74, 6) is 0.156. The van der Waals surface area contributed by atoms with Crippen molar-refractivity contribution < 1.29 is 4.79 Å². The number of thiazole rings is 1. The van der Waals surface area contributed by atoms with E-state index in [2.05, 4.69) is 29.2 Å². The molecule has 0 radical (unpaired) electrons. The first kappa shape index (κ1) is 13.3. The number of nitrogens with zero attached hydrogens (tertiary/aromatic N) is 2. The second-order valence-corrected chi connectivity index (χ2v) is 6.11. The first-order valence-corrected chi connectivity index (χ1v) is 7.88. The van der Waals surface area contributed by atoms with Crippen LogP contribution in [-0.4, -0.2) is 28.4 Å². The Labute approximate surface area is 123 Å². The van der Waals surface area contributed by atoms with Gasteiger partial charge in [-0.2, -0.15) is 0 Å². The van der Waals surface area contributed by atoms with Crippen molar-refractivity contribution in [2.75, 3.05) is 6.54 Å². The third-order valence-corrected chi connectivity index (χ3v) is 4.81. The number of benzene rings is 1. The van der Waals surface area contributed by atoms with Crippen LogP contribution in [0.25, 0.3) is 0 Å². The molecule has 104 valence electrons. The third kappa shape index (κ3) is 2.61. The Bertz CT molecular complexity index is 594. The van der Waals surface area contributed by atoms with Crippen LogP contribution in [0.3, 0.4) is 0 Å². The maximum atomic E-state index is 12.6. The molecule has 1 aromatic carbocycles. The fourth-order valence-electron chi connectivity index (χ4n) is 2.84. The van der Waals surface area contributed by atoms with E-state index >= 15 is 0 Å². The molecule has 0 bridgehead atoms. The summed E-state index contributed by atoms with van der Waals surface area (Å²) in [5.41, 5.74) is 3.91. The summed E-state index contributed by atoms with van der Waals surface area (Å²) in [6, 6.07) is 10.7. The normalized spacial score (nSPS) is 18.4. The van der Waals surface area contributed by atoms with Gasteiger partial charge in [0.05, 0.1) is 11.2 Å². The van der Waals surface area contributed by atoms with Crippen molar-refractivity contribution in [2.24, 2.45) is 0 Å². The molecule has 4 heteroatoms. The Kier molecular flexibility index (Phi) is 3.83. The number of hydrogen-bond donors (Lipinski definition) is 0. The summed E-state index contributed by atoms with van der Waals surface area (Å²) < 4.78 is 0. The molecule has 0 saturated carbocycles. The molecular formula is C16H18N2OS. The Balaban J connectivity index is 1.76. The lowest BCUT2D eigenvalue weighted by Crippen LogP contribution is -2.36. The Morgan fingerprint density at radius 3 is 2.90 bits per heavy atom. The van der Waals surface area contributed by atoms with Crippen LogP contribution in [0.4, 0.5) is 0 Å². The van der Waals surface area contributed by atoms with E-state index in [1.165, 1.54) is 16.9 Å². The SMILES string of the molecule is Cc1ncsc1C(=O)N1CCC[C@@H]1Cc1ccccc1. The zero-order valence-electron chi connectivity index (χ0n) is 11.6. The zero-order valence-corrected chi connectivity index (χ0v) is 12.4. The highest BCUT2D eigenvalue weighted by atomic mass is 32.1.